The summed E-state index contributed by atoms with van der Waals surface area (Å²) in [5, 5.41) is 3.09. The molecule has 0 spiro atoms. The van der Waals surface area contributed by atoms with Crippen LogP contribution in [0.15, 0.2) is 24.3 Å². The van der Waals surface area contributed by atoms with Crippen molar-refractivity contribution in [2.24, 2.45) is 5.92 Å². The van der Waals surface area contributed by atoms with E-state index in [2.05, 4.69) is 41.4 Å². The Morgan fingerprint density at radius 3 is 2.53 bits per heavy atom. The van der Waals surface area contributed by atoms with Crippen LogP contribution in [0.5, 0.6) is 0 Å². The van der Waals surface area contributed by atoms with E-state index in [1.54, 1.807) is 0 Å². The van der Waals surface area contributed by atoms with Crippen LogP contribution in [0.4, 0.5) is 0 Å². The molecule has 1 saturated carbocycles. The number of aryl methyl sites for hydroxylation is 1. The first kappa shape index (κ1) is 14.1. The first-order chi connectivity index (χ1) is 9.11. The highest BCUT2D eigenvalue weighted by Gasteiger charge is 2.34. The summed E-state index contributed by atoms with van der Waals surface area (Å²) < 4.78 is 0. The Morgan fingerprint density at radius 2 is 2.00 bits per heavy atom. The molecule has 19 heavy (non-hydrogen) atoms. The van der Waals surface area contributed by atoms with Gasteiger partial charge in [0, 0.05) is 25.0 Å². The van der Waals surface area contributed by atoms with Crippen molar-refractivity contribution in [3.63, 3.8) is 0 Å². The van der Waals surface area contributed by atoms with Crippen LogP contribution >= 0.6 is 0 Å². The molecule has 0 radical (unpaired) electrons. The molecule has 104 valence electrons. The van der Waals surface area contributed by atoms with Gasteiger partial charge in [-0.15, -0.1) is 0 Å². The van der Waals surface area contributed by atoms with Gasteiger partial charge in [0.1, 0.15) is 0 Å². The third kappa shape index (κ3) is 3.80. The van der Waals surface area contributed by atoms with Crippen molar-refractivity contribution in [2.75, 3.05) is 13.6 Å². The first-order valence-electron chi connectivity index (χ1n) is 7.12. The number of benzene rings is 1. The average molecular weight is 260 g/mol. The third-order valence-electron chi connectivity index (χ3n) is 3.68. The van der Waals surface area contributed by atoms with E-state index in [0.29, 0.717) is 6.04 Å². The van der Waals surface area contributed by atoms with Crippen molar-refractivity contribution in [1.29, 1.82) is 0 Å². The Labute approximate surface area is 116 Å². The fourth-order valence-corrected chi connectivity index (χ4v) is 2.34. The van der Waals surface area contributed by atoms with Gasteiger partial charge in [-0.1, -0.05) is 36.8 Å². The number of rotatable bonds is 6. The summed E-state index contributed by atoms with van der Waals surface area (Å²) in [4.78, 5) is 14.5. The molecule has 3 nitrogen and oxygen atoms in total. The average Bonchev–Trinajstić information content (AvgIpc) is 3.22. The van der Waals surface area contributed by atoms with Gasteiger partial charge in [0.05, 0.1) is 0 Å². The van der Waals surface area contributed by atoms with Crippen LogP contribution in [0.1, 0.15) is 30.9 Å². The zero-order valence-electron chi connectivity index (χ0n) is 12.1. The van der Waals surface area contributed by atoms with Crippen molar-refractivity contribution in [2.45, 2.75) is 39.3 Å². The summed E-state index contributed by atoms with van der Waals surface area (Å²) in [5.41, 5.74) is 2.49. The molecule has 0 heterocycles. The fraction of sp³-hybridized carbons (Fsp3) is 0.562. The summed E-state index contributed by atoms with van der Waals surface area (Å²) in [7, 11) is 1.89. The SMILES string of the molecule is CNC[C@H](C)C(=O)N(Cc1ccc(C)cc1)C1CC1. The number of nitrogens with one attached hydrogen (secondary N) is 1. The number of carbonyl (C=O) groups excluding carboxylic acids is 1. The van der Waals surface area contributed by atoms with E-state index in [1.165, 1.54) is 11.1 Å². The predicted molar refractivity (Wildman–Crippen MR) is 77.8 cm³/mol. The molecule has 3 heteroatoms. The van der Waals surface area contributed by atoms with Crippen molar-refractivity contribution >= 4 is 5.91 Å². The van der Waals surface area contributed by atoms with Crippen LogP contribution in [0, 0.1) is 12.8 Å². The highest BCUT2D eigenvalue weighted by molar-refractivity contribution is 5.79. The molecule has 1 amide bonds. The maximum Gasteiger partial charge on any atom is 0.227 e. The Bertz CT molecular complexity index is 423. The topological polar surface area (TPSA) is 32.3 Å². The second-order valence-electron chi connectivity index (χ2n) is 5.64. The molecule has 1 aromatic carbocycles. The molecule has 0 bridgehead atoms. The monoisotopic (exact) mass is 260 g/mol. The standard InChI is InChI=1S/C16H24N2O/c1-12-4-6-14(7-5-12)11-18(15-8-9-15)16(19)13(2)10-17-3/h4-7,13,15,17H,8-11H2,1-3H3/t13-/m0/s1. The van der Waals surface area contributed by atoms with E-state index < -0.39 is 0 Å². The van der Waals surface area contributed by atoms with Crippen LogP contribution in [-0.2, 0) is 11.3 Å². The van der Waals surface area contributed by atoms with Gasteiger partial charge in [-0.2, -0.15) is 0 Å². The highest BCUT2D eigenvalue weighted by Crippen LogP contribution is 2.29. The van der Waals surface area contributed by atoms with Crippen molar-refractivity contribution in [3.05, 3.63) is 35.4 Å². The molecule has 2 rings (SSSR count). The minimum Gasteiger partial charge on any atom is -0.335 e. The normalized spacial score (nSPS) is 16.2. The Balaban J connectivity index is 2.04. The first-order valence-corrected chi connectivity index (χ1v) is 7.12. The lowest BCUT2D eigenvalue weighted by molar-refractivity contribution is -0.136. The van der Waals surface area contributed by atoms with Gasteiger partial charge in [0.15, 0.2) is 0 Å². The third-order valence-corrected chi connectivity index (χ3v) is 3.68. The fourth-order valence-electron chi connectivity index (χ4n) is 2.34. The minimum absolute atomic E-state index is 0.0519. The molecule has 1 N–H and O–H groups in total. The van der Waals surface area contributed by atoms with E-state index in [1.807, 2.05) is 14.0 Å². The number of hydrogen-bond acceptors (Lipinski definition) is 2. The predicted octanol–water partition coefficient (Wildman–Crippen LogP) is 2.34. The van der Waals surface area contributed by atoms with Crippen molar-refractivity contribution < 1.29 is 4.79 Å². The largest absolute Gasteiger partial charge is 0.335 e. The van der Waals surface area contributed by atoms with Gasteiger partial charge in [-0.05, 0) is 32.4 Å². The number of carbonyl (C=O) groups is 1. The zero-order chi connectivity index (χ0) is 13.8. The molecule has 0 aromatic heterocycles. The summed E-state index contributed by atoms with van der Waals surface area (Å²) in [6.07, 6.45) is 2.31. The van der Waals surface area contributed by atoms with Gasteiger partial charge in [-0.3, -0.25) is 4.79 Å². The maximum absolute atomic E-state index is 12.5. The lowest BCUT2D eigenvalue weighted by Gasteiger charge is -2.26. The van der Waals surface area contributed by atoms with Crippen LogP contribution in [0.25, 0.3) is 0 Å². The van der Waals surface area contributed by atoms with E-state index in [0.717, 1.165) is 25.9 Å². The Kier molecular flexibility index (Phi) is 4.59. The molecule has 1 atom stereocenters. The van der Waals surface area contributed by atoms with Crippen LogP contribution in [0.3, 0.4) is 0 Å². The van der Waals surface area contributed by atoms with E-state index in [4.69, 9.17) is 0 Å². The molecular formula is C16H24N2O. The van der Waals surface area contributed by atoms with Gasteiger partial charge in [0.25, 0.3) is 0 Å². The van der Waals surface area contributed by atoms with Crippen molar-refractivity contribution in [3.8, 4) is 0 Å². The molecule has 0 aliphatic heterocycles. The maximum atomic E-state index is 12.5. The quantitative estimate of drug-likeness (QED) is 0.851. The number of amides is 1. The summed E-state index contributed by atoms with van der Waals surface area (Å²) in [6, 6.07) is 8.94. The summed E-state index contributed by atoms with van der Waals surface area (Å²) in [6.45, 7) is 5.58. The van der Waals surface area contributed by atoms with Crippen LogP contribution in [-0.4, -0.2) is 30.4 Å². The number of nitrogens with zero attached hydrogens (tertiary/aromatic N) is 1. The number of hydrogen-bond donors (Lipinski definition) is 1. The highest BCUT2D eigenvalue weighted by atomic mass is 16.2. The molecule has 1 aliphatic rings. The van der Waals surface area contributed by atoms with Crippen LogP contribution in [0.2, 0.25) is 0 Å². The minimum atomic E-state index is 0.0519. The second kappa shape index (κ2) is 6.20. The molecular weight excluding hydrogens is 236 g/mol. The van der Waals surface area contributed by atoms with E-state index in [9.17, 15) is 4.79 Å². The zero-order valence-corrected chi connectivity index (χ0v) is 12.1. The molecule has 0 unspecified atom stereocenters. The smallest absolute Gasteiger partial charge is 0.227 e. The van der Waals surface area contributed by atoms with Gasteiger partial charge in [-0.25, -0.2) is 0 Å². The summed E-state index contributed by atoms with van der Waals surface area (Å²) >= 11 is 0. The molecule has 0 saturated heterocycles. The van der Waals surface area contributed by atoms with E-state index in [-0.39, 0.29) is 11.8 Å². The molecule has 1 aromatic rings. The summed E-state index contributed by atoms with van der Waals surface area (Å²) in [5.74, 6) is 0.327. The Morgan fingerprint density at radius 1 is 1.37 bits per heavy atom. The van der Waals surface area contributed by atoms with Crippen molar-refractivity contribution in [1.82, 2.24) is 10.2 Å². The van der Waals surface area contributed by atoms with Crippen LogP contribution < -0.4 is 5.32 Å². The molecule has 1 aliphatic carbocycles. The van der Waals surface area contributed by atoms with E-state index >= 15 is 0 Å². The lowest BCUT2D eigenvalue weighted by Crippen LogP contribution is -2.39. The van der Waals surface area contributed by atoms with Gasteiger partial charge in [0.2, 0.25) is 5.91 Å². The van der Waals surface area contributed by atoms with Gasteiger partial charge >= 0.3 is 0 Å². The second-order valence-corrected chi connectivity index (χ2v) is 5.64. The Hall–Kier alpha value is -1.35. The lowest BCUT2D eigenvalue weighted by atomic mass is 10.1. The van der Waals surface area contributed by atoms with Gasteiger partial charge < -0.3 is 10.2 Å². The molecule has 1 fully saturated rings.